The van der Waals surface area contributed by atoms with E-state index in [1.807, 2.05) is 0 Å². The van der Waals surface area contributed by atoms with Crippen LogP contribution in [0, 0.1) is 5.82 Å². The predicted octanol–water partition coefficient (Wildman–Crippen LogP) is 3.80. The average Bonchev–Trinajstić information content (AvgIpc) is 2.35. The van der Waals surface area contributed by atoms with Crippen LogP contribution in [0.3, 0.4) is 0 Å². The third kappa shape index (κ3) is 2.99. The van der Waals surface area contributed by atoms with E-state index in [2.05, 4.69) is 4.98 Å². The molecule has 18 heavy (non-hydrogen) atoms. The van der Waals surface area contributed by atoms with Gasteiger partial charge < -0.3 is 5.11 Å². The minimum absolute atomic E-state index is 0.0351. The summed E-state index contributed by atoms with van der Waals surface area (Å²) >= 11 is 11.5. The second kappa shape index (κ2) is 5.65. The Kier molecular flexibility index (Phi) is 4.17. The molecule has 1 aromatic heterocycles. The molecule has 0 saturated heterocycles. The van der Waals surface area contributed by atoms with Crippen molar-refractivity contribution in [1.29, 1.82) is 0 Å². The number of hydrogen-bond donors (Lipinski definition) is 1. The lowest BCUT2D eigenvalue weighted by molar-refractivity contribution is 0.178. The monoisotopic (exact) mass is 285 g/mol. The Labute approximate surface area is 114 Å². The highest BCUT2D eigenvalue weighted by molar-refractivity contribution is 6.31. The minimum Gasteiger partial charge on any atom is -0.388 e. The molecule has 1 aromatic carbocycles. The fourth-order valence-electron chi connectivity index (χ4n) is 1.62. The quantitative estimate of drug-likeness (QED) is 0.930. The molecule has 1 N–H and O–H groups in total. The topological polar surface area (TPSA) is 33.1 Å². The molecule has 2 nitrogen and oxygen atoms in total. The molecule has 0 saturated carbocycles. The molecule has 0 aliphatic carbocycles. The summed E-state index contributed by atoms with van der Waals surface area (Å²) in [5, 5.41) is 10.5. The summed E-state index contributed by atoms with van der Waals surface area (Å²) in [6.07, 6.45) is 2.56. The number of nitrogens with zero attached hydrogens (tertiary/aromatic N) is 1. The summed E-state index contributed by atoms with van der Waals surface area (Å²) in [6.45, 7) is 0. The van der Waals surface area contributed by atoms with Crippen LogP contribution < -0.4 is 0 Å². The van der Waals surface area contributed by atoms with Crippen LogP contribution in [0.1, 0.15) is 17.2 Å². The lowest BCUT2D eigenvalue weighted by Crippen LogP contribution is -2.03. The number of aliphatic hydroxyl groups excluding tert-OH is 1. The van der Waals surface area contributed by atoms with Crippen molar-refractivity contribution < 1.29 is 9.50 Å². The van der Waals surface area contributed by atoms with Crippen LogP contribution in [0.15, 0.2) is 36.7 Å². The first-order valence-corrected chi connectivity index (χ1v) is 6.05. The van der Waals surface area contributed by atoms with Crippen molar-refractivity contribution in [3.63, 3.8) is 0 Å². The first-order valence-electron chi connectivity index (χ1n) is 5.29. The van der Waals surface area contributed by atoms with Gasteiger partial charge in [-0.05, 0) is 29.3 Å². The molecule has 0 bridgehead atoms. The van der Waals surface area contributed by atoms with Gasteiger partial charge in [-0.2, -0.15) is 0 Å². The zero-order valence-electron chi connectivity index (χ0n) is 9.28. The first-order chi connectivity index (χ1) is 8.58. The van der Waals surface area contributed by atoms with Crippen molar-refractivity contribution in [3.8, 4) is 0 Å². The highest BCUT2D eigenvalue weighted by atomic mass is 35.5. The van der Waals surface area contributed by atoms with Gasteiger partial charge in [0.05, 0.1) is 16.1 Å². The summed E-state index contributed by atoms with van der Waals surface area (Å²) in [6, 6.07) is 5.95. The maximum atomic E-state index is 13.3. The smallest absolute Gasteiger partial charge is 0.142 e. The number of pyridine rings is 1. The largest absolute Gasteiger partial charge is 0.388 e. The predicted molar refractivity (Wildman–Crippen MR) is 69.3 cm³/mol. The van der Waals surface area contributed by atoms with E-state index in [1.165, 1.54) is 18.3 Å². The molecule has 1 unspecified atom stereocenters. The summed E-state index contributed by atoms with van der Waals surface area (Å²) in [4.78, 5) is 3.86. The van der Waals surface area contributed by atoms with Crippen LogP contribution in [-0.4, -0.2) is 10.1 Å². The van der Waals surface area contributed by atoms with Crippen molar-refractivity contribution >= 4 is 23.2 Å². The van der Waals surface area contributed by atoms with E-state index in [9.17, 15) is 9.50 Å². The van der Waals surface area contributed by atoms with Gasteiger partial charge in [-0.25, -0.2) is 4.39 Å². The van der Waals surface area contributed by atoms with Crippen LogP contribution in [0.5, 0.6) is 0 Å². The van der Waals surface area contributed by atoms with E-state index in [0.717, 1.165) is 5.56 Å². The lowest BCUT2D eigenvalue weighted by Gasteiger charge is -2.12. The van der Waals surface area contributed by atoms with Gasteiger partial charge in [0.15, 0.2) is 0 Å². The zero-order chi connectivity index (χ0) is 13.1. The van der Waals surface area contributed by atoms with Crippen LogP contribution in [-0.2, 0) is 6.42 Å². The van der Waals surface area contributed by atoms with E-state index in [1.54, 1.807) is 18.3 Å². The number of rotatable bonds is 3. The number of aromatic nitrogens is 1. The number of halogens is 3. The molecule has 2 rings (SSSR count). The molecular formula is C13H10Cl2FNO. The second-order valence-corrected chi connectivity index (χ2v) is 4.67. The third-order valence-electron chi connectivity index (χ3n) is 2.60. The van der Waals surface area contributed by atoms with Crippen molar-refractivity contribution in [3.05, 3.63) is 63.6 Å². The van der Waals surface area contributed by atoms with E-state index in [0.29, 0.717) is 17.0 Å². The van der Waals surface area contributed by atoms with Crippen LogP contribution in [0.2, 0.25) is 10.0 Å². The molecule has 1 atom stereocenters. The highest BCUT2D eigenvalue weighted by Gasteiger charge is 2.12. The molecule has 2 aromatic rings. The van der Waals surface area contributed by atoms with E-state index in [-0.39, 0.29) is 5.02 Å². The van der Waals surface area contributed by atoms with E-state index >= 15 is 0 Å². The molecule has 0 aliphatic heterocycles. The number of benzene rings is 1. The normalized spacial score (nSPS) is 12.4. The number of hydrogen-bond acceptors (Lipinski definition) is 2. The molecular weight excluding hydrogens is 276 g/mol. The molecule has 0 aliphatic rings. The van der Waals surface area contributed by atoms with Gasteiger partial charge in [-0.15, -0.1) is 0 Å². The second-order valence-electron chi connectivity index (χ2n) is 3.86. The Morgan fingerprint density at radius 2 is 2.00 bits per heavy atom. The molecule has 0 radical (unpaired) electrons. The molecule has 1 heterocycles. The lowest BCUT2D eigenvalue weighted by atomic mass is 10.0. The van der Waals surface area contributed by atoms with Gasteiger partial charge >= 0.3 is 0 Å². The summed E-state index contributed by atoms with van der Waals surface area (Å²) in [5.41, 5.74) is 1.22. The Hall–Kier alpha value is -1.16. The van der Waals surface area contributed by atoms with Crippen molar-refractivity contribution in [1.82, 2.24) is 4.98 Å². The molecule has 0 fully saturated rings. The fourth-order valence-corrected chi connectivity index (χ4v) is 1.93. The molecule has 94 valence electrons. The summed E-state index contributed by atoms with van der Waals surface area (Å²) in [7, 11) is 0. The van der Waals surface area contributed by atoms with Gasteiger partial charge in [0.25, 0.3) is 0 Å². The van der Waals surface area contributed by atoms with Gasteiger partial charge in [0.1, 0.15) is 5.82 Å². The van der Waals surface area contributed by atoms with Crippen molar-refractivity contribution in [2.24, 2.45) is 0 Å². The Morgan fingerprint density at radius 1 is 1.22 bits per heavy atom. The summed E-state index contributed by atoms with van der Waals surface area (Å²) in [5.74, 6) is -0.547. The SMILES string of the molecule is OC(Cc1ccncc1Cl)c1ccc(Cl)c(F)c1. The highest BCUT2D eigenvalue weighted by Crippen LogP contribution is 2.25. The maximum absolute atomic E-state index is 13.3. The van der Waals surface area contributed by atoms with E-state index < -0.39 is 11.9 Å². The molecule has 0 amide bonds. The van der Waals surface area contributed by atoms with Crippen LogP contribution in [0.25, 0.3) is 0 Å². The molecule has 5 heteroatoms. The Morgan fingerprint density at radius 3 is 2.67 bits per heavy atom. The Balaban J connectivity index is 2.19. The summed E-state index contributed by atoms with van der Waals surface area (Å²) < 4.78 is 13.3. The minimum atomic E-state index is -0.836. The third-order valence-corrected chi connectivity index (χ3v) is 3.24. The van der Waals surface area contributed by atoms with Gasteiger partial charge in [0, 0.05) is 18.8 Å². The van der Waals surface area contributed by atoms with Gasteiger partial charge in [0.2, 0.25) is 0 Å². The van der Waals surface area contributed by atoms with Crippen molar-refractivity contribution in [2.45, 2.75) is 12.5 Å². The van der Waals surface area contributed by atoms with E-state index in [4.69, 9.17) is 23.2 Å². The number of aliphatic hydroxyl groups is 1. The van der Waals surface area contributed by atoms with Gasteiger partial charge in [-0.1, -0.05) is 29.3 Å². The Bertz CT molecular complexity index is 562. The van der Waals surface area contributed by atoms with Crippen molar-refractivity contribution in [2.75, 3.05) is 0 Å². The fraction of sp³-hybridized carbons (Fsp3) is 0.154. The van der Waals surface area contributed by atoms with Gasteiger partial charge in [-0.3, -0.25) is 4.98 Å². The zero-order valence-corrected chi connectivity index (χ0v) is 10.8. The first kappa shape index (κ1) is 13.3. The standard InChI is InChI=1S/C13H10Cl2FNO/c14-10-2-1-9(5-12(10)16)13(18)6-8-3-4-17-7-11(8)15/h1-5,7,13,18H,6H2. The molecule has 0 spiro atoms. The average molecular weight is 286 g/mol. The maximum Gasteiger partial charge on any atom is 0.142 e. The van der Waals surface area contributed by atoms with Crippen LogP contribution in [0.4, 0.5) is 4.39 Å². The van der Waals surface area contributed by atoms with Crippen LogP contribution >= 0.6 is 23.2 Å².